The third-order valence-electron chi connectivity index (χ3n) is 6.22. The van der Waals surface area contributed by atoms with E-state index in [4.69, 9.17) is 26.4 Å². The first kappa shape index (κ1) is 28.9. The van der Waals surface area contributed by atoms with Crippen LogP contribution in [0.4, 0.5) is 5.69 Å². The second-order valence-electron chi connectivity index (χ2n) is 9.13. The van der Waals surface area contributed by atoms with E-state index in [1.807, 2.05) is 56.3 Å². The number of methoxy groups -OCH3 is 1. The molecule has 10 heteroatoms. The highest BCUT2D eigenvalue weighted by molar-refractivity contribution is 8.29. The molecule has 7 nitrogen and oxygen atoms in total. The lowest BCUT2D eigenvalue weighted by molar-refractivity contribution is -0.140. The summed E-state index contributed by atoms with van der Waals surface area (Å²) in [4.78, 5) is 42.0. The molecule has 0 unspecified atom stereocenters. The molecule has 0 radical (unpaired) electrons. The number of nitrogens with zero attached hydrogens (tertiary/aromatic N) is 1. The van der Waals surface area contributed by atoms with Crippen LogP contribution in [0.1, 0.15) is 38.8 Å². The first-order valence-electron chi connectivity index (χ1n) is 12.4. The quantitative estimate of drug-likeness (QED) is 0.224. The minimum absolute atomic E-state index is 0.103. The molecule has 0 fully saturated rings. The van der Waals surface area contributed by atoms with E-state index in [1.165, 1.54) is 0 Å². The minimum Gasteiger partial charge on any atom is -0.497 e. The Balaban J connectivity index is 1.86. The van der Waals surface area contributed by atoms with Crippen molar-refractivity contribution in [1.29, 1.82) is 0 Å². The van der Waals surface area contributed by atoms with Crippen molar-refractivity contribution >= 4 is 69.7 Å². The monoisotopic (exact) mass is 583 g/mol. The maximum absolute atomic E-state index is 13.8. The third kappa shape index (κ3) is 5.64. The predicted octanol–water partition coefficient (Wildman–Crippen LogP) is 5.92. The molecule has 0 saturated carbocycles. The van der Waals surface area contributed by atoms with Gasteiger partial charge in [0.2, 0.25) is 5.91 Å². The molecule has 204 valence electrons. The summed E-state index contributed by atoms with van der Waals surface area (Å²) in [5, 5.41) is 0. The van der Waals surface area contributed by atoms with Crippen LogP contribution in [0.5, 0.6) is 5.75 Å². The Morgan fingerprint density at radius 2 is 1.51 bits per heavy atom. The molecule has 0 saturated heterocycles. The number of ether oxygens (including phenoxy) is 3. The Kier molecular flexibility index (Phi) is 8.88. The van der Waals surface area contributed by atoms with Crippen molar-refractivity contribution in [3.63, 3.8) is 0 Å². The van der Waals surface area contributed by atoms with Crippen molar-refractivity contribution < 1.29 is 28.6 Å². The Hall–Kier alpha value is -3.08. The van der Waals surface area contributed by atoms with Gasteiger partial charge in [-0.25, -0.2) is 9.59 Å². The van der Waals surface area contributed by atoms with Gasteiger partial charge < -0.3 is 19.1 Å². The van der Waals surface area contributed by atoms with Crippen molar-refractivity contribution in [3.05, 3.63) is 73.7 Å². The average molecular weight is 584 g/mol. The normalized spacial score (nSPS) is 16.2. The number of thiocarbonyl (C=S) groups is 1. The molecule has 0 N–H and O–H groups in total. The molecule has 0 bridgehead atoms. The number of hydrogen-bond acceptors (Lipinski definition) is 9. The summed E-state index contributed by atoms with van der Waals surface area (Å²) >= 11 is 8.33. The van der Waals surface area contributed by atoms with Crippen molar-refractivity contribution in [3.8, 4) is 5.75 Å². The van der Waals surface area contributed by atoms with Crippen molar-refractivity contribution in [2.75, 3.05) is 25.2 Å². The summed E-state index contributed by atoms with van der Waals surface area (Å²) in [6, 6.07) is 15.0. The van der Waals surface area contributed by atoms with Gasteiger partial charge in [-0.2, -0.15) is 0 Å². The van der Waals surface area contributed by atoms with Gasteiger partial charge in [0.05, 0.1) is 47.1 Å². The number of esters is 2. The topological polar surface area (TPSA) is 82.1 Å². The third-order valence-corrected chi connectivity index (χ3v) is 9.49. The lowest BCUT2D eigenvalue weighted by Crippen LogP contribution is -2.56. The average Bonchev–Trinajstić information content (AvgIpc) is 3.35. The molecule has 0 spiro atoms. The number of benzene rings is 2. The van der Waals surface area contributed by atoms with Crippen LogP contribution in [-0.2, 0) is 30.3 Å². The zero-order valence-electron chi connectivity index (χ0n) is 22.4. The van der Waals surface area contributed by atoms with Crippen LogP contribution in [0.25, 0.3) is 5.57 Å². The number of amides is 1. The van der Waals surface area contributed by atoms with Crippen LogP contribution in [0, 0.1) is 0 Å². The molecule has 0 atom stereocenters. The van der Waals surface area contributed by atoms with Crippen LogP contribution >= 0.6 is 35.7 Å². The fourth-order valence-corrected chi connectivity index (χ4v) is 7.41. The van der Waals surface area contributed by atoms with E-state index >= 15 is 0 Å². The van der Waals surface area contributed by atoms with Gasteiger partial charge in [-0.15, -0.1) is 0 Å². The first-order valence-corrected chi connectivity index (χ1v) is 14.5. The van der Waals surface area contributed by atoms with Gasteiger partial charge in [-0.05, 0) is 51.5 Å². The molecule has 2 aliphatic rings. The minimum atomic E-state index is -0.886. The van der Waals surface area contributed by atoms with Crippen LogP contribution in [0.3, 0.4) is 0 Å². The number of rotatable bonds is 7. The van der Waals surface area contributed by atoms with Gasteiger partial charge in [0.25, 0.3) is 0 Å². The summed E-state index contributed by atoms with van der Waals surface area (Å²) < 4.78 is 16.6. The van der Waals surface area contributed by atoms with Crippen LogP contribution in [0.15, 0.2) is 62.6 Å². The second-order valence-corrected chi connectivity index (χ2v) is 11.8. The van der Waals surface area contributed by atoms with Crippen molar-refractivity contribution in [1.82, 2.24) is 0 Å². The highest BCUT2D eigenvalue weighted by atomic mass is 32.2. The van der Waals surface area contributed by atoms with E-state index < -0.39 is 17.5 Å². The van der Waals surface area contributed by atoms with Gasteiger partial charge in [-0.1, -0.05) is 66.1 Å². The molecule has 2 aromatic rings. The highest BCUT2D eigenvalue weighted by Gasteiger charge is 2.46. The summed E-state index contributed by atoms with van der Waals surface area (Å²) in [5.74, 6) is -0.712. The lowest BCUT2D eigenvalue weighted by atomic mass is 9.83. The number of hydrogen-bond donors (Lipinski definition) is 0. The molecule has 0 aliphatic carbocycles. The predicted molar refractivity (Wildman–Crippen MR) is 160 cm³/mol. The molecule has 2 aromatic carbocycles. The fraction of sp³-hybridized carbons (Fsp3) is 0.310. The molecule has 39 heavy (non-hydrogen) atoms. The van der Waals surface area contributed by atoms with Crippen molar-refractivity contribution in [2.45, 2.75) is 39.7 Å². The molecule has 0 aromatic heterocycles. The number of anilines is 1. The van der Waals surface area contributed by atoms with Gasteiger partial charge >= 0.3 is 11.9 Å². The van der Waals surface area contributed by atoms with Gasteiger partial charge in [0.1, 0.15) is 15.6 Å². The number of fused-ring (bicyclic) bond motifs is 1. The summed E-state index contributed by atoms with van der Waals surface area (Å²) in [5.41, 5.74) is 2.03. The summed E-state index contributed by atoms with van der Waals surface area (Å²) in [6.45, 7) is 7.55. The molecular weight excluding hydrogens is 555 g/mol. The van der Waals surface area contributed by atoms with Crippen LogP contribution in [-0.4, -0.2) is 48.6 Å². The zero-order chi connectivity index (χ0) is 28.3. The van der Waals surface area contributed by atoms with E-state index in [1.54, 1.807) is 31.9 Å². The van der Waals surface area contributed by atoms with Crippen LogP contribution < -0.4 is 9.64 Å². The van der Waals surface area contributed by atoms with Gasteiger partial charge in [-0.3, -0.25) is 4.79 Å². The van der Waals surface area contributed by atoms with E-state index in [2.05, 4.69) is 0 Å². The maximum atomic E-state index is 13.8. The summed E-state index contributed by atoms with van der Waals surface area (Å²) in [7, 11) is 1.57. The molecule has 4 rings (SSSR count). The first-order chi connectivity index (χ1) is 18.6. The zero-order valence-corrected chi connectivity index (χ0v) is 24.8. The summed E-state index contributed by atoms with van der Waals surface area (Å²) in [6.07, 6.45) is 0.204. The van der Waals surface area contributed by atoms with Crippen molar-refractivity contribution in [2.24, 2.45) is 0 Å². The molecule has 1 amide bonds. The highest BCUT2D eigenvalue weighted by Crippen LogP contribution is 2.56. The van der Waals surface area contributed by atoms with E-state index in [0.29, 0.717) is 31.7 Å². The smallest absolute Gasteiger partial charge is 0.346 e. The second kappa shape index (κ2) is 12.0. The van der Waals surface area contributed by atoms with Crippen LogP contribution in [0.2, 0.25) is 0 Å². The maximum Gasteiger partial charge on any atom is 0.346 e. The largest absolute Gasteiger partial charge is 0.497 e. The standard InChI is InChI=1S/C29H29NO6S3/c1-6-35-26(32)23-24(27(33)36-7-2)39-28(38-23)22-19-16-18(34-5)13-14-20(19)30(29(3,4)25(22)37)21(31)15-17-11-9-8-10-12-17/h8-14,16H,6-7,15H2,1-5H3. The number of carbonyl (C=O) groups is 3. The van der Waals surface area contributed by atoms with E-state index in [-0.39, 0.29) is 35.4 Å². The fourth-order valence-electron chi connectivity index (χ4n) is 4.43. The Morgan fingerprint density at radius 1 is 0.923 bits per heavy atom. The van der Waals surface area contributed by atoms with Gasteiger partial charge in [0.15, 0.2) is 0 Å². The van der Waals surface area contributed by atoms with E-state index in [9.17, 15) is 14.4 Å². The van der Waals surface area contributed by atoms with E-state index in [0.717, 1.165) is 29.1 Å². The molecular formula is C29H29NO6S3. The Bertz CT molecular complexity index is 1360. The molecule has 2 heterocycles. The number of carbonyl (C=O) groups excluding carboxylic acids is 3. The SMILES string of the molecule is CCOC(=O)C1=C(C(=O)OCC)SC(=C2C(=S)C(C)(C)N(C(=O)Cc3ccccc3)c3ccc(OC)cc32)S1. The Labute approximate surface area is 241 Å². The molecule has 2 aliphatic heterocycles. The lowest BCUT2D eigenvalue weighted by Gasteiger charge is -2.45. The Morgan fingerprint density at radius 3 is 2.05 bits per heavy atom. The number of thioether (sulfide) groups is 2. The van der Waals surface area contributed by atoms with Gasteiger partial charge in [0, 0.05) is 11.1 Å².